The van der Waals surface area contributed by atoms with Crippen LogP contribution in [0.5, 0.6) is 11.5 Å². The Balaban J connectivity index is 1.75. The highest BCUT2D eigenvalue weighted by atomic mass is 16.5. The van der Waals surface area contributed by atoms with Gasteiger partial charge in [-0.05, 0) is 35.9 Å². The third-order valence-electron chi connectivity index (χ3n) is 5.99. The lowest BCUT2D eigenvalue weighted by Crippen LogP contribution is -2.46. The summed E-state index contributed by atoms with van der Waals surface area (Å²) >= 11 is 0. The Morgan fingerprint density at radius 3 is 2.93 bits per heavy atom. The van der Waals surface area contributed by atoms with Gasteiger partial charge in [-0.15, -0.1) is 0 Å². The van der Waals surface area contributed by atoms with Crippen LogP contribution in [0.4, 0.5) is 5.69 Å². The topological polar surface area (TPSA) is 79.8 Å². The molecular formula is C22H26N2O4. The van der Waals surface area contributed by atoms with Crippen molar-refractivity contribution in [3.05, 3.63) is 53.1 Å². The predicted octanol–water partition coefficient (Wildman–Crippen LogP) is 2.87. The largest absolute Gasteiger partial charge is 0.496 e. The van der Waals surface area contributed by atoms with Crippen LogP contribution in [-0.4, -0.2) is 37.9 Å². The van der Waals surface area contributed by atoms with Crippen molar-refractivity contribution >= 4 is 11.6 Å². The molecular weight excluding hydrogens is 356 g/mol. The highest BCUT2D eigenvalue weighted by Gasteiger charge is 2.47. The maximum absolute atomic E-state index is 12.3. The molecule has 0 aromatic heterocycles. The number of aliphatic hydroxyl groups is 1. The predicted molar refractivity (Wildman–Crippen MR) is 107 cm³/mol. The molecule has 28 heavy (non-hydrogen) atoms. The molecule has 3 N–H and O–H groups in total. The first kappa shape index (κ1) is 18.6. The van der Waals surface area contributed by atoms with Crippen LogP contribution in [0.2, 0.25) is 0 Å². The molecule has 0 aliphatic carbocycles. The molecule has 6 nitrogen and oxygen atoms in total. The van der Waals surface area contributed by atoms with Crippen LogP contribution in [0.1, 0.15) is 41.4 Å². The fraction of sp³-hybridized carbons (Fsp3) is 0.409. The standard InChI is InChI=1S/C22H26N2O4/c1-22(2)14-11-13(21(26)23-9-10-25)7-8-16(14)24-20-15(22)12-28-18-6-4-5-17(27-3)19(18)20/h4-8,11,15,20,24-25H,9-10,12H2,1-3H3,(H,23,26)/t15-,20-/m0/s1. The van der Waals surface area contributed by atoms with Crippen molar-refractivity contribution in [2.45, 2.75) is 25.3 Å². The van der Waals surface area contributed by atoms with Gasteiger partial charge in [0, 0.05) is 29.1 Å². The van der Waals surface area contributed by atoms with Gasteiger partial charge in [-0.3, -0.25) is 4.79 Å². The maximum atomic E-state index is 12.3. The number of anilines is 1. The molecule has 6 heteroatoms. The molecule has 4 rings (SSSR count). The molecule has 2 heterocycles. The lowest BCUT2D eigenvalue weighted by atomic mass is 9.65. The zero-order chi connectivity index (χ0) is 19.9. The molecule has 0 saturated carbocycles. The number of fused-ring (bicyclic) bond motifs is 4. The minimum absolute atomic E-state index is 0.0662. The van der Waals surface area contributed by atoms with Gasteiger partial charge >= 0.3 is 0 Å². The van der Waals surface area contributed by atoms with E-state index in [9.17, 15) is 4.79 Å². The van der Waals surface area contributed by atoms with Gasteiger partial charge in [0.2, 0.25) is 0 Å². The highest BCUT2D eigenvalue weighted by Crippen LogP contribution is 2.54. The summed E-state index contributed by atoms with van der Waals surface area (Å²) in [5.41, 5.74) is 3.54. The van der Waals surface area contributed by atoms with Gasteiger partial charge in [-0.1, -0.05) is 19.9 Å². The quantitative estimate of drug-likeness (QED) is 0.758. The van der Waals surface area contributed by atoms with Crippen molar-refractivity contribution in [1.29, 1.82) is 0 Å². The first-order chi connectivity index (χ1) is 13.5. The van der Waals surface area contributed by atoms with Gasteiger partial charge in [0.05, 0.1) is 31.9 Å². The van der Waals surface area contributed by atoms with E-state index in [4.69, 9.17) is 14.6 Å². The van der Waals surface area contributed by atoms with E-state index in [2.05, 4.69) is 24.5 Å². The minimum Gasteiger partial charge on any atom is -0.496 e. The molecule has 0 radical (unpaired) electrons. The SMILES string of the molecule is COc1cccc2c1[C@H]1Nc3ccc(C(=O)NCCO)cc3C(C)(C)[C@H]1CO2. The number of rotatable bonds is 4. The number of hydrogen-bond acceptors (Lipinski definition) is 5. The van der Waals surface area contributed by atoms with E-state index in [1.807, 2.05) is 36.4 Å². The Bertz CT molecular complexity index is 895. The zero-order valence-electron chi connectivity index (χ0n) is 16.4. The fourth-order valence-corrected chi connectivity index (χ4v) is 4.39. The zero-order valence-corrected chi connectivity index (χ0v) is 16.4. The minimum atomic E-state index is -0.211. The molecule has 1 amide bonds. The van der Waals surface area contributed by atoms with E-state index in [-0.39, 0.29) is 36.4 Å². The van der Waals surface area contributed by atoms with Crippen molar-refractivity contribution < 1.29 is 19.4 Å². The highest BCUT2D eigenvalue weighted by molar-refractivity contribution is 5.95. The third-order valence-corrected chi connectivity index (χ3v) is 5.99. The Kier molecular flexibility index (Phi) is 4.67. The van der Waals surface area contributed by atoms with Crippen molar-refractivity contribution in [3.8, 4) is 11.5 Å². The first-order valence-electron chi connectivity index (χ1n) is 9.57. The summed E-state index contributed by atoms with van der Waals surface area (Å²) in [6, 6.07) is 11.7. The van der Waals surface area contributed by atoms with Gasteiger partial charge in [-0.25, -0.2) is 0 Å². The van der Waals surface area contributed by atoms with Crippen LogP contribution in [0.15, 0.2) is 36.4 Å². The van der Waals surface area contributed by atoms with Crippen molar-refractivity contribution in [3.63, 3.8) is 0 Å². The summed E-state index contributed by atoms with van der Waals surface area (Å²) < 4.78 is 11.7. The molecule has 0 bridgehead atoms. The van der Waals surface area contributed by atoms with Crippen LogP contribution in [0.3, 0.4) is 0 Å². The van der Waals surface area contributed by atoms with Crippen molar-refractivity contribution in [2.75, 3.05) is 32.2 Å². The van der Waals surface area contributed by atoms with Crippen molar-refractivity contribution in [2.24, 2.45) is 5.92 Å². The molecule has 148 valence electrons. The fourth-order valence-electron chi connectivity index (χ4n) is 4.39. The Morgan fingerprint density at radius 2 is 2.18 bits per heavy atom. The second kappa shape index (κ2) is 7.02. The van der Waals surface area contributed by atoms with E-state index in [0.717, 1.165) is 28.3 Å². The van der Waals surface area contributed by atoms with Crippen LogP contribution in [0, 0.1) is 5.92 Å². The van der Waals surface area contributed by atoms with Crippen LogP contribution < -0.4 is 20.1 Å². The smallest absolute Gasteiger partial charge is 0.251 e. The number of hydrogen-bond donors (Lipinski definition) is 3. The average molecular weight is 382 g/mol. The normalized spacial score (nSPS) is 21.3. The summed E-state index contributed by atoms with van der Waals surface area (Å²) in [7, 11) is 1.68. The third kappa shape index (κ3) is 2.88. The summed E-state index contributed by atoms with van der Waals surface area (Å²) in [6.45, 7) is 5.15. The number of benzene rings is 2. The molecule has 0 spiro atoms. The summed E-state index contributed by atoms with van der Waals surface area (Å²) in [6.07, 6.45) is 0. The summed E-state index contributed by atoms with van der Waals surface area (Å²) in [5, 5.41) is 15.3. The lowest BCUT2D eigenvalue weighted by molar-refractivity contribution is 0.0944. The number of aliphatic hydroxyl groups excluding tert-OH is 1. The van der Waals surface area contributed by atoms with Gasteiger partial charge in [-0.2, -0.15) is 0 Å². The van der Waals surface area contributed by atoms with Crippen LogP contribution in [0.25, 0.3) is 0 Å². The summed E-state index contributed by atoms with van der Waals surface area (Å²) in [4.78, 5) is 12.3. The number of ether oxygens (including phenoxy) is 2. The Hall–Kier alpha value is -2.73. The van der Waals surface area contributed by atoms with E-state index < -0.39 is 0 Å². The first-order valence-corrected chi connectivity index (χ1v) is 9.57. The maximum Gasteiger partial charge on any atom is 0.251 e. The number of methoxy groups -OCH3 is 1. The molecule has 2 atom stereocenters. The second-order valence-electron chi connectivity index (χ2n) is 7.87. The molecule has 2 aliphatic heterocycles. The summed E-state index contributed by atoms with van der Waals surface area (Å²) in [5.74, 6) is 1.67. The number of carbonyl (C=O) groups is 1. The molecule has 2 aromatic rings. The van der Waals surface area contributed by atoms with Gasteiger partial charge in [0.25, 0.3) is 5.91 Å². The molecule has 0 fully saturated rings. The van der Waals surface area contributed by atoms with Gasteiger partial charge < -0.3 is 25.2 Å². The molecule has 2 aliphatic rings. The monoisotopic (exact) mass is 382 g/mol. The van der Waals surface area contributed by atoms with Crippen LogP contribution in [-0.2, 0) is 5.41 Å². The molecule has 2 aromatic carbocycles. The molecule has 0 saturated heterocycles. The van der Waals surface area contributed by atoms with E-state index in [1.54, 1.807) is 7.11 Å². The number of carbonyl (C=O) groups excluding carboxylic acids is 1. The van der Waals surface area contributed by atoms with E-state index >= 15 is 0 Å². The Labute approximate surface area is 164 Å². The van der Waals surface area contributed by atoms with Crippen molar-refractivity contribution in [1.82, 2.24) is 5.32 Å². The Morgan fingerprint density at radius 1 is 1.36 bits per heavy atom. The number of nitrogens with one attached hydrogen (secondary N) is 2. The number of amides is 1. The molecule has 0 unspecified atom stereocenters. The average Bonchev–Trinajstić information content (AvgIpc) is 2.71. The van der Waals surface area contributed by atoms with Gasteiger partial charge in [0.15, 0.2) is 0 Å². The lowest BCUT2D eigenvalue weighted by Gasteiger charge is -2.48. The van der Waals surface area contributed by atoms with E-state index in [0.29, 0.717) is 12.2 Å². The second-order valence-corrected chi connectivity index (χ2v) is 7.87. The van der Waals surface area contributed by atoms with E-state index in [1.165, 1.54) is 0 Å². The van der Waals surface area contributed by atoms with Crippen LogP contribution >= 0.6 is 0 Å². The van der Waals surface area contributed by atoms with Gasteiger partial charge in [0.1, 0.15) is 11.5 Å².